The van der Waals surface area contributed by atoms with E-state index in [0.717, 1.165) is 43.5 Å². The summed E-state index contributed by atoms with van der Waals surface area (Å²) in [5.41, 5.74) is 0.385. The second-order valence-electron chi connectivity index (χ2n) is 8.09. The summed E-state index contributed by atoms with van der Waals surface area (Å²) in [5.74, 6) is 3.03. The van der Waals surface area contributed by atoms with Gasteiger partial charge in [-0.3, -0.25) is 14.7 Å². The molecule has 0 aromatic carbocycles. The van der Waals surface area contributed by atoms with Crippen molar-refractivity contribution in [2.24, 2.45) is 5.92 Å². The van der Waals surface area contributed by atoms with Gasteiger partial charge in [0.1, 0.15) is 29.6 Å². The first-order valence-electron chi connectivity index (χ1n) is 10.6. The number of rotatable bonds is 7. The number of hydrogen-bond donors (Lipinski definition) is 2. The third kappa shape index (κ3) is 4.83. The second kappa shape index (κ2) is 9.40. The van der Waals surface area contributed by atoms with Crippen molar-refractivity contribution in [3.05, 3.63) is 65.4 Å². The van der Waals surface area contributed by atoms with Crippen molar-refractivity contribution in [1.29, 1.82) is 0 Å². The maximum absolute atomic E-state index is 12.7. The topological polar surface area (TPSA) is 109 Å². The van der Waals surface area contributed by atoms with Crippen LogP contribution in [0.2, 0.25) is 0 Å². The number of aliphatic hydroxyl groups is 1. The maximum Gasteiger partial charge on any atom is 0.270 e. The van der Waals surface area contributed by atoms with E-state index in [1.165, 1.54) is 0 Å². The van der Waals surface area contributed by atoms with Crippen molar-refractivity contribution in [2.45, 2.75) is 46.0 Å². The average molecular weight is 425 g/mol. The molecule has 0 saturated carbocycles. The first-order chi connectivity index (χ1) is 15.0. The van der Waals surface area contributed by atoms with E-state index in [4.69, 9.17) is 4.42 Å². The molecule has 31 heavy (non-hydrogen) atoms. The summed E-state index contributed by atoms with van der Waals surface area (Å²) in [7, 11) is 0. The molecule has 0 fully saturated rings. The highest BCUT2D eigenvalue weighted by Gasteiger charge is 2.28. The first-order valence-corrected chi connectivity index (χ1v) is 10.6. The van der Waals surface area contributed by atoms with Crippen LogP contribution in [0.25, 0.3) is 0 Å². The summed E-state index contributed by atoms with van der Waals surface area (Å²) >= 11 is 0. The van der Waals surface area contributed by atoms with Gasteiger partial charge in [0.15, 0.2) is 5.82 Å². The lowest BCUT2D eigenvalue weighted by atomic mass is 10.0. The SMILES string of the molecule is CC(C)[C@H](NC(=O)c1ccccn1)c1nnc2n1CCN(Cc1ccc(CO)o1)CC2. The molecular formula is C22H28N6O3. The summed E-state index contributed by atoms with van der Waals surface area (Å²) < 4.78 is 7.76. The van der Waals surface area contributed by atoms with Crippen LogP contribution >= 0.6 is 0 Å². The molecule has 0 spiro atoms. The van der Waals surface area contributed by atoms with Gasteiger partial charge in [0, 0.05) is 32.3 Å². The summed E-state index contributed by atoms with van der Waals surface area (Å²) in [6.07, 6.45) is 2.37. The first kappa shape index (κ1) is 21.2. The third-order valence-electron chi connectivity index (χ3n) is 5.53. The Balaban J connectivity index is 1.47. The Kier molecular flexibility index (Phi) is 6.43. The zero-order valence-corrected chi connectivity index (χ0v) is 17.9. The number of nitrogens with one attached hydrogen (secondary N) is 1. The molecule has 1 atom stereocenters. The standard InChI is InChI=1S/C22H28N6O3/c1-15(2)20(24-22(30)18-5-3-4-9-23-18)21-26-25-19-8-10-27(11-12-28(19)21)13-16-6-7-17(14-29)31-16/h3-7,9,15,20,29H,8,10-14H2,1-2H3,(H,24,30)/t20-/m0/s1. The van der Waals surface area contributed by atoms with Gasteiger partial charge in [-0.1, -0.05) is 19.9 Å². The molecule has 4 heterocycles. The van der Waals surface area contributed by atoms with Gasteiger partial charge in [0.05, 0.1) is 12.6 Å². The third-order valence-corrected chi connectivity index (χ3v) is 5.53. The molecule has 0 bridgehead atoms. The molecule has 1 aliphatic heterocycles. The highest BCUT2D eigenvalue weighted by molar-refractivity contribution is 5.92. The lowest BCUT2D eigenvalue weighted by Crippen LogP contribution is -2.34. The number of aliphatic hydroxyl groups excluding tert-OH is 1. The fourth-order valence-corrected chi connectivity index (χ4v) is 3.83. The van der Waals surface area contributed by atoms with Crippen LogP contribution in [-0.4, -0.2) is 48.8 Å². The molecular weight excluding hydrogens is 396 g/mol. The quantitative estimate of drug-likeness (QED) is 0.596. The Labute approximate surface area is 181 Å². The molecule has 4 rings (SSSR count). The van der Waals surface area contributed by atoms with Gasteiger partial charge in [-0.15, -0.1) is 10.2 Å². The van der Waals surface area contributed by atoms with Crippen molar-refractivity contribution >= 4 is 5.91 Å². The maximum atomic E-state index is 12.7. The lowest BCUT2D eigenvalue weighted by molar-refractivity contribution is 0.0916. The molecule has 9 heteroatoms. The minimum atomic E-state index is -0.264. The minimum Gasteiger partial charge on any atom is -0.462 e. The lowest BCUT2D eigenvalue weighted by Gasteiger charge is -2.23. The summed E-state index contributed by atoms with van der Waals surface area (Å²) in [6.45, 7) is 7.08. The molecule has 164 valence electrons. The van der Waals surface area contributed by atoms with Crippen LogP contribution in [-0.2, 0) is 26.1 Å². The van der Waals surface area contributed by atoms with Crippen LogP contribution in [0.15, 0.2) is 40.9 Å². The van der Waals surface area contributed by atoms with Gasteiger partial charge in [-0.2, -0.15) is 0 Å². The number of furan rings is 1. The van der Waals surface area contributed by atoms with E-state index < -0.39 is 0 Å². The van der Waals surface area contributed by atoms with E-state index in [1.807, 2.05) is 6.07 Å². The molecule has 0 radical (unpaired) electrons. The van der Waals surface area contributed by atoms with Gasteiger partial charge in [-0.05, 0) is 30.2 Å². The molecule has 3 aromatic rings. The Hall–Kier alpha value is -3.04. The predicted octanol–water partition coefficient (Wildman–Crippen LogP) is 1.94. The van der Waals surface area contributed by atoms with Crippen molar-refractivity contribution < 1.29 is 14.3 Å². The number of fused-ring (bicyclic) bond motifs is 1. The Morgan fingerprint density at radius 3 is 2.71 bits per heavy atom. The number of carbonyl (C=O) groups is 1. The van der Waals surface area contributed by atoms with E-state index in [-0.39, 0.29) is 24.5 Å². The van der Waals surface area contributed by atoms with E-state index in [9.17, 15) is 9.90 Å². The van der Waals surface area contributed by atoms with Crippen molar-refractivity contribution in [1.82, 2.24) is 30.0 Å². The molecule has 3 aromatic heterocycles. The van der Waals surface area contributed by atoms with E-state index >= 15 is 0 Å². The Morgan fingerprint density at radius 2 is 2.00 bits per heavy atom. The smallest absolute Gasteiger partial charge is 0.270 e. The molecule has 0 saturated heterocycles. The normalized spacial score (nSPS) is 15.5. The second-order valence-corrected chi connectivity index (χ2v) is 8.09. The fraction of sp³-hybridized carbons (Fsp3) is 0.455. The highest BCUT2D eigenvalue weighted by atomic mass is 16.4. The van der Waals surface area contributed by atoms with Gasteiger partial charge >= 0.3 is 0 Å². The van der Waals surface area contributed by atoms with Gasteiger partial charge in [-0.25, -0.2) is 0 Å². The number of aromatic nitrogens is 4. The summed E-state index contributed by atoms with van der Waals surface area (Å²) in [5, 5.41) is 21.1. The van der Waals surface area contributed by atoms with Crippen LogP contribution in [0.1, 0.15) is 53.5 Å². The molecule has 1 amide bonds. The largest absolute Gasteiger partial charge is 0.462 e. The van der Waals surface area contributed by atoms with Gasteiger partial charge < -0.3 is 19.4 Å². The monoisotopic (exact) mass is 424 g/mol. The number of carbonyl (C=O) groups excluding carboxylic acids is 1. The highest BCUT2D eigenvalue weighted by Crippen LogP contribution is 2.23. The number of amides is 1. The van der Waals surface area contributed by atoms with Crippen molar-refractivity contribution in [3.63, 3.8) is 0 Å². The Bertz CT molecular complexity index is 1010. The van der Waals surface area contributed by atoms with Crippen LogP contribution in [0.4, 0.5) is 0 Å². The van der Waals surface area contributed by atoms with E-state index in [2.05, 4.69) is 43.8 Å². The van der Waals surface area contributed by atoms with Gasteiger partial charge in [0.25, 0.3) is 5.91 Å². The van der Waals surface area contributed by atoms with Crippen LogP contribution < -0.4 is 5.32 Å². The number of nitrogens with zero attached hydrogens (tertiary/aromatic N) is 5. The molecule has 0 aliphatic carbocycles. The number of hydrogen-bond acceptors (Lipinski definition) is 7. The summed E-state index contributed by atoms with van der Waals surface area (Å²) in [6, 6.07) is 8.73. The van der Waals surface area contributed by atoms with Gasteiger partial charge in [0.2, 0.25) is 0 Å². The van der Waals surface area contributed by atoms with Crippen LogP contribution in [0.3, 0.4) is 0 Å². The van der Waals surface area contributed by atoms with E-state index in [1.54, 1.807) is 30.5 Å². The van der Waals surface area contributed by atoms with Crippen molar-refractivity contribution in [2.75, 3.05) is 13.1 Å². The molecule has 0 unspecified atom stereocenters. The molecule has 2 N–H and O–H groups in total. The molecule has 1 aliphatic rings. The summed E-state index contributed by atoms with van der Waals surface area (Å²) in [4.78, 5) is 19.2. The predicted molar refractivity (Wildman–Crippen MR) is 113 cm³/mol. The number of pyridine rings is 1. The van der Waals surface area contributed by atoms with Crippen LogP contribution in [0.5, 0.6) is 0 Å². The Morgan fingerprint density at radius 1 is 1.16 bits per heavy atom. The fourth-order valence-electron chi connectivity index (χ4n) is 3.83. The molecule has 9 nitrogen and oxygen atoms in total. The van der Waals surface area contributed by atoms with Crippen molar-refractivity contribution in [3.8, 4) is 0 Å². The van der Waals surface area contributed by atoms with Crippen LogP contribution in [0, 0.1) is 5.92 Å². The zero-order valence-electron chi connectivity index (χ0n) is 17.9. The minimum absolute atomic E-state index is 0.0920. The average Bonchev–Trinajstić information content (AvgIpc) is 3.35. The van der Waals surface area contributed by atoms with E-state index in [0.29, 0.717) is 18.0 Å². The zero-order chi connectivity index (χ0) is 21.8.